The number of carbonyl (C=O) groups is 1. The molecule has 94 valence electrons. The van der Waals surface area contributed by atoms with Gasteiger partial charge in [-0.15, -0.1) is 0 Å². The molecule has 1 amide bonds. The van der Waals surface area contributed by atoms with Crippen molar-refractivity contribution in [2.75, 3.05) is 12.3 Å². The van der Waals surface area contributed by atoms with E-state index in [4.69, 9.17) is 5.73 Å². The number of amides is 1. The maximum absolute atomic E-state index is 11.8. The number of hydrogen-bond acceptors (Lipinski definition) is 3. The van der Waals surface area contributed by atoms with Gasteiger partial charge in [0.15, 0.2) is 0 Å². The van der Waals surface area contributed by atoms with E-state index in [-0.39, 0.29) is 11.3 Å². The highest BCUT2D eigenvalue weighted by molar-refractivity contribution is 5.94. The van der Waals surface area contributed by atoms with E-state index >= 15 is 0 Å². The first-order valence-corrected chi connectivity index (χ1v) is 5.91. The van der Waals surface area contributed by atoms with E-state index in [9.17, 15) is 4.79 Å². The number of nitrogens with zero attached hydrogens (tertiary/aromatic N) is 1. The second-order valence-electron chi connectivity index (χ2n) is 5.17. The molecule has 0 aromatic carbocycles. The number of nitrogens with one attached hydrogen (secondary N) is 1. The van der Waals surface area contributed by atoms with Crippen molar-refractivity contribution in [3.63, 3.8) is 0 Å². The van der Waals surface area contributed by atoms with Crippen LogP contribution in [0.15, 0.2) is 12.1 Å². The highest BCUT2D eigenvalue weighted by Crippen LogP contribution is 2.22. The Morgan fingerprint density at radius 3 is 2.59 bits per heavy atom. The summed E-state index contributed by atoms with van der Waals surface area (Å²) in [5.41, 5.74) is 7.03. The zero-order valence-corrected chi connectivity index (χ0v) is 11.0. The molecule has 17 heavy (non-hydrogen) atoms. The lowest BCUT2D eigenvalue weighted by Gasteiger charge is -2.19. The van der Waals surface area contributed by atoms with Gasteiger partial charge in [0.25, 0.3) is 5.91 Å². The van der Waals surface area contributed by atoms with Crippen LogP contribution in [-0.2, 0) is 5.41 Å². The number of aromatic nitrogens is 1. The fourth-order valence-electron chi connectivity index (χ4n) is 1.41. The summed E-state index contributed by atoms with van der Waals surface area (Å²) in [5.74, 6) is 0.297. The predicted octanol–water partition coefficient (Wildman–Crippen LogP) is 2.10. The lowest BCUT2D eigenvalue weighted by Crippen LogP contribution is -2.25. The second-order valence-corrected chi connectivity index (χ2v) is 5.17. The quantitative estimate of drug-likeness (QED) is 0.843. The average molecular weight is 235 g/mol. The highest BCUT2D eigenvalue weighted by atomic mass is 16.1. The SMILES string of the molecule is CCCNC(=O)c1cc(N)nc(C(C)(C)C)c1. The molecule has 1 heterocycles. The summed E-state index contributed by atoms with van der Waals surface area (Å²) in [5, 5.41) is 2.83. The molecule has 0 saturated heterocycles. The van der Waals surface area contributed by atoms with Gasteiger partial charge in [-0.25, -0.2) is 4.98 Å². The van der Waals surface area contributed by atoms with Crippen LogP contribution in [0.4, 0.5) is 5.82 Å². The highest BCUT2D eigenvalue weighted by Gasteiger charge is 2.18. The molecule has 0 saturated carbocycles. The third-order valence-electron chi connectivity index (χ3n) is 2.41. The van der Waals surface area contributed by atoms with Gasteiger partial charge >= 0.3 is 0 Å². The minimum atomic E-state index is -0.116. The first kappa shape index (κ1) is 13.5. The molecule has 0 fully saturated rings. The molecule has 0 aliphatic carbocycles. The van der Waals surface area contributed by atoms with Crippen LogP contribution >= 0.6 is 0 Å². The third kappa shape index (κ3) is 3.73. The van der Waals surface area contributed by atoms with Gasteiger partial charge in [-0.1, -0.05) is 27.7 Å². The molecule has 3 N–H and O–H groups in total. The molecule has 0 aliphatic rings. The fourth-order valence-corrected chi connectivity index (χ4v) is 1.41. The fraction of sp³-hybridized carbons (Fsp3) is 0.538. The van der Waals surface area contributed by atoms with Crippen molar-refractivity contribution >= 4 is 11.7 Å². The summed E-state index contributed by atoms with van der Waals surface area (Å²) in [6.07, 6.45) is 0.915. The molecule has 1 rings (SSSR count). The lowest BCUT2D eigenvalue weighted by atomic mass is 9.90. The minimum absolute atomic E-state index is 0.0912. The number of nitrogen functional groups attached to an aromatic ring is 1. The summed E-state index contributed by atoms with van der Waals surface area (Å²) in [7, 11) is 0. The number of hydrogen-bond donors (Lipinski definition) is 2. The van der Waals surface area contributed by atoms with Crippen molar-refractivity contribution in [1.29, 1.82) is 0 Å². The number of anilines is 1. The van der Waals surface area contributed by atoms with Crippen molar-refractivity contribution in [2.45, 2.75) is 39.5 Å². The number of rotatable bonds is 3. The average Bonchev–Trinajstić information content (AvgIpc) is 2.23. The monoisotopic (exact) mass is 235 g/mol. The van der Waals surface area contributed by atoms with Gasteiger partial charge in [0, 0.05) is 23.2 Å². The Morgan fingerprint density at radius 1 is 1.41 bits per heavy atom. The van der Waals surface area contributed by atoms with Crippen molar-refractivity contribution < 1.29 is 4.79 Å². The number of carbonyl (C=O) groups excluding carboxylic acids is 1. The maximum Gasteiger partial charge on any atom is 0.251 e. The Morgan fingerprint density at radius 2 is 2.06 bits per heavy atom. The Labute approximate surface area is 103 Å². The number of nitrogens with two attached hydrogens (primary N) is 1. The Kier molecular flexibility index (Phi) is 4.10. The molecule has 0 radical (unpaired) electrons. The second kappa shape index (κ2) is 5.17. The summed E-state index contributed by atoms with van der Waals surface area (Å²) in [6, 6.07) is 3.42. The van der Waals surface area contributed by atoms with Crippen LogP contribution in [0.1, 0.15) is 50.2 Å². The Hall–Kier alpha value is -1.58. The summed E-state index contributed by atoms with van der Waals surface area (Å²) < 4.78 is 0. The predicted molar refractivity (Wildman–Crippen MR) is 70.0 cm³/mol. The Bertz CT molecular complexity index is 408. The molecule has 0 unspecified atom stereocenters. The Balaban J connectivity index is 3.01. The lowest BCUT2D eigenvalue weighted by molar-refractivity contribution is 0.0953. The largest absolute Gasteiger partial charge is 0.384 e. The van der Waals surface area contributed by atoms with Crippen LogP contribution in [0, 0.1) is 0 Å². The van der Waals surface area contributed by atoms with Crippen LogP contribution in [-0.4, -0.2) is 17.4 Å². The molecule has 0 atom stereocenters. The van der Waals surface area contributed by atoms with E-state index in [1.807, 2.05) is 27.7 Å². The molecule has 0 aliphatic heterocycles. The molecule has 1 aromatic heterocycles. The maximum atomic E-state index is 11.8. The van der Waals surface area contributed by atoms with Crippen LogP contribution in [0.5, 0.6) is 0 Å². The molecule has 4 nitrogen and oxygen atoms in total. The molecule has 0 bridgehead atoms. The van der Waals surface area contributed by atoms with Crippen molar-refractivity contribution in [2.24, 2.45) is 0 Å². The molecular formula is C13H21N3O. The smallest absolute Gasteiger partial charge is 0.251 e. The van der Waals surface area contributed by atoms with Crippen LogP contribution in [0.3, 0.4) is 0 Å². The van der Waals surface area contributed by atoms with Gasteiger partial charge in [-0.3, -0.25) is 4.79 Å². The van der Waals surface area contributed by atoms with E-state index in [1.54, 1.807) is 12.1 Å². The molecule has 1 aromatic rings. The first-order valence-electron chi connectivity index (χ1n) is 5.91. The summed E-state index contributed by atoms with van der Waals surface area (Å²) in [4.78, 5) is 16.1. The molecule has 0 spiro atoms. The van der Waals surface area contributed by atoms with Gasteiger partial charge in [-0.05, 0) is 18.6 Å². The van der Waals surface area contributed by atoms with E-state index in [0.29, 0.717) is 17.9 Å². The van der Waals surface area contributed by atoms with Gasteiger partial charge < -0.3 is 11.1 Å². The topological polar surface area (TPSA) is 68.0 Å². The van der Waals surface area contributed by atoms with E-state index in [2.05, 4.69) is 10.3 Å². The van der Waals surface area contributed by atoms with Crippen molar-refractivity contribution in [3.8, 4) is 0 Å². The van der Waals surface area contributed by atoms with Crippen LogP contribution in [0.2, 0.25) is 0 Å². The van der Waals surface area contributed by atoms with Crippen molar-refractivity contribution in [1.82, 2.24) is 10.3 Å². The van der Waals surface area contributed by atoms with Gasteiger partial charge in [-0.2, -0.15) is 0 Å². The van der Waals surface area contributed by atoms with Gasteiger partial charge in [0.05, 0.1) is 0 Å². The molecular weight excluding hydrogens is 214 g/mol. The standard InChI is InChI=1S/C13H21N3O/c1-5-6-15-12(17)9-7-10(13(2,3)4)16-11(14)8-9/h7-8H,5-6H2,1-4H3,(H2,14,16)(H,15,17). The van der Waals surface area contributed by atoms with Gasteiger partial charge in [0.1, 0.15) is 5.82 Å². The number of pyridine rings is 1. The zero-order chi connectivity index (χ0) is 13.1. The van der Waals surface area contributed by atoms with Crippen LogP contribution < -0.4 is 11.1 Å². The van der Waals surface area contributed by atoms with E-state index < -0.39 is 0 Å². The summed E-state index contributed by atoms with van der Waals surface area (Å²) >= 11 is 0. The molecule has 4 heteroatoms. The zero-order valence-electron chi connectivity index (χ0n) is 11.0. The normalized spacial score (nSPS) is 11.3. The third-order valence-corrected chi connectivity index (χ3v) is 2.41. The summed E-state index contributed by atoms with van der Waals surface area (Å²) in [6.45, 7) is 8.82. The van der Waals surface area contributed by atoms with Gasteiger partial charge in [0.2, 0.25) is 0 Å². The van der Waals surface area contributed by atoms with E-state index in [1.165, 1.54) is 0 Å². The van der Waals surface area contributed by atoms with Crippen molar-refractivity contribution in [3.05, 3.63) is 23.4 Å². The van der Waals surface area contributed by atoms with Crippen LogP contribution in [0.25, 0.3) is 0 Å². The van der Waals surface area contributed by atoms with E-state index in [0.717, 1.165) is 12.1 Å². The minimum Gasteiger partial charge on any atom is -0.384 e. The first-order chi connectivity index (χ1) is 7.84.